The van der Waals surface area contributed by atoms with E-state index < -0.39 is 23.6 Å². The summed E-state index contributed by atoms with van der Waals surface area (Å²) in [5, 5.41) is 39.5. The molecule has 4 aromatic rings. The maximum Gasteiger partial charge on any atom is 0.246 e. The molecular formula is C47H62N10O5S. The lowest BCUT2D eigenvalue weighted by Gasteiger charge is -2.47. The molecule has 5 atom stereocenters. The number of aromatic nitrogens is 3. The van der Waals surface area contributed by atoms with E-state index in [0.29, 0.717) is 29.8 Å². The number of piperidine rings is 1. The van der Waals surface area contributed by atoms with Crippen LogP contribution in [0.15, 0.2) is 60.1 Å². The number of aliphatic hydroxyl groups excluding tert-OH is 1. The quantitative estimate of drug-likeness (QED) is 0.133. The standard InChI is InChI=1S/C47H62N10O5S/c1-29(32-10-12-33(13-11-32)42-30(2)49-28-63-42)50-45(61)39-22-35(58)27-57(39)46(62)43(47(3,4)5)51-41(60)16-19-54-17-14-31(15-18-54)25-55-20-21-56-34(26-55)24-48-44-38(56)23-37(52-53-44)36-8-6-7-9-40(36)59/h6-13,23,28-29,31,34-35,39,43,58-59H,14-22,24-27H2,1-5H3,(H,48,53)(H,50,61)(H,51,60)/t29-,34+,35+,39-,43+/m0/s1. The van der Waals surface area contributed by atoms with Crippen molar-refractivity contribution in [1.29, 1.82) is 0 Å². The van der Waals surface area contributed by atoms with Gasteiger partial charge in [0.05, 0.1) is 45.7 Å². The molecule has 3 amide bonds. The van der Waals surface area contributed by atoms with Gasteiger partial charge in [-0.05, 0) is 80.4 Å². The van der Waals surface area contributed by atoms with Crippen LogP contribution in [-0.4, -0.2) is 141 Å². The van der Waals surface area contributed by atoms with Gasteiger partial charge in [-0.25, -0.2) is 4.98 Å². The average Bonchev–Trinajstić information content (AvgIpc) is 3.89. The number of aromatic hydroxyl groups is 1. The molecule has 3 fully saturated rings. The number of carbonyl (C=O) groups is 3. The number of nitrogens with one attached hydrogen (secondary N) is 3. The molecule has 16 heteroatoms. The molecule has 4 aliphatic rings. The van der Waals surface area contributed by atoms with Crippen molar-refractivity contribution in [2.24, 2.45) is 11.3 Å². The molecule has 15 nitrogen and oxygen atoms in total. The first-order chi connectivity index (χ1) is 30.2. The summed E-state index contributed by atoms with van der Waals surface area (Å²) in [5.41, 5.74) is 6.54. The number of aliphatic hydroxyl groups is 1. The lowest BCUT2D eigenvalue weighted by Crippen LogP contribution is -2.58. The number of likely N-dealkylation sites (tertiary alicyclic amines) is 2. The Labute approximate surface area is 374 Å². The summed E-state index contributed by atoms with van der Waals surface area (Å²) in [6.07, 6.45) is 1.69. The van der Waals surface area contributed by atoms with Gasteiger partial charge in [0.15, 0.2) is 5.82 Å². The molecule has 0 radical (unpaired) electrons. The molecule has 3 saturated heterocycles. The minimum Gasteiger partial charge on any atom is -0.507 e. The zero-order chi connectivity index (χ0) is 44.4. The Morgan fingerprint density at radius 3 is 2.44 bits per heavy atom. The van der Waals surface area contributed by atoms with Crippen molar-refractivity contribution in [2.75, 3.05) is 69.1 Å². The van der Waals surface area contributed by atoms with Crippen LogP contribution in [0, 0.1) is 18.3 Å². The minimum atomic E-state index is -0.864. The molecular weight excluding hydrogens is 817 g/mol. The van der Waals surface area contributed by atoms with Gasteiger partial charge in [-0.15, -0.1) is 21.5 Å². The SMILES string of the molecule is Cc1ncsc1-c1ccc([C@H](C)NC(=O)[C@@H]2C[C@@H](O)CN2C(=O)[C@@H](NC(=O)CCN2CCC(CN3CCN4c5cc(-c6ccccc6O)nnc5NC[C@@H]4C3)CC2)C(C)(C)C)cc1. The second kappa shape index (κ2) is 18.9. The van der Waals surface area contributed by atoms with Crippen LogP contribution in [0.5, 0.6) is 5.75 Å². The van der Waals surface area contributed by atoms with Gasteiger partial charge in [0, 0.05) is 64.2 Å². The first-order valence-electron chi connectivity index (χ1n) is 22.4. The van der Waals surface area contributed by atoms with Gasteiger partial charge >= 0.3 is 0 Å². The third-order valence-corrected chi connectivity index (χ3v) is 14.3. The van der Waals surface area contributed by atoms with Gasteiger partial charge in [-0.2, -0.15) is 0 Å². The zero-order valence-corrected chi connectivity index (χ0v) is 37.9. The van der Waals surface area contributed by atoms with Crippen LogP contribution in [0.4, 0.5) is 11.5 Å². The summed E-state index contributed by atoms with van der Waals surface area (Å²) < 4.78 is 0. The topological polar surface area (TPSA) is 179 Å². The molecule has 2 aromatic carbocycles. The van der Waals surface area contributed by atoms with E-state index in [1.165, 1.54) is 4.90 Å². The molecule has 0 unspecified atom stereocenters. The molecule has 8 rings (SSSR count). The number of phenolic OH excluding ortho intramolecular Hbond substituents is 1. The summed E-state index contributed by atoms with van der Waals surface area (Å²) in [5.74, 6) is 0.673. The van der Waals surface area contributed by atoms with Crippen molar-refractivity contribution in [3.05, 3.63) is 71.4 Å². The maximum atomic E-state index is 14.2. The highest BCUT2D eigenvalue weighted by atomic mass is 32.1. The number of phenols is 1. The Hall–Kier alpha value is -5.16. The highest BCUT2D eigenvalue weighted by molar-refractivity contribution is 7.13. The van der Waals surface area contributed by atoms with Crippen LogP contribution in [0.3, 0.4) is 0 Å². The fraction of sp³-hybridized carbons (Fsp3) is 0.532. The number of amides is 3. The Kier molecular flexibility index (Phi) is 13.3. The highest BCUT2D eigenvalue weighted by Gasteiger charge is 2.45. The Morgan fingerprint density at radius 1 is 0.968 bits per heavy atom. The van der Waals surface area contributed by atoms with E-state index >= 15 is 0 Å². The summed E-state index contributed by atoms with van der Waals surface area (Å²) >= 11 is 1.59. The average molecular weight is 879 g/mol. The maximum absolute atomic E-state index is 14.2. The number of hydrogen-bond donors (Lipinski definition) is 5. The second-order valence-corrected chi connectivity index (χ2v) is 19.7. The molecule has 2 aromatic heterocycles. The van der Waals surface area contributed by atoms with Crippen LogP contribution in [0.2, 0.25) is 0 Å². The van der Waals surface area contributed by atoms with Crippen LogP contribution in [0.25, 0.3) is 21.7 Å². The van der Waals surface area contributed by atoms with Gasteiger partial charge in [-0.3, -0.25) is 19.3 Å². The van der Waals surface area contributed by atoms with E-state index in [1.54, 1.807) is 23.5 Å². The molecule has 63 heavy (non-hydrogen) atoms. The van der Waals surface area contributed by atoms with Gasteiger partial charge in [0.1, 0.15) is 17.8 Å². The number of anilines is 2. The normalized spacial score (nSPS) is 21.8. The van der Waals surface area contributed by atoms with Crippen LogP contribution >= 0.6 is 11.3 Å². The predicted molar refractivity (Wildman–Crippen MR) is 245 cm³/mol. The van der Waals surface area contributed by atoms with E-state index in [-0.39, 0.29) is 48.9 Å². The van der Waals surface area contributed by atoms with Crippen LogP contribution < -0.4 is 20.9 Å². The zero-order valence-electron chi connectivity index (χ0n) is 37.1. The predicted octanol–water partition coefficient (Wildman–Crippen LogP) is 4.67. The fourth-order valence-electron chi connectivity index (χ4n) is 9.61. The number of carbonyl (C=O) groups excluding carboxylic acids is 3. The number of rotatable bonds is 12. The summed E-state index contributed by atoms with van der Waals surface area (Å²) in [6, 6.07) is 15.6. The van der Waals surface area contributed by atoms with E-state index in [1.807, 2.05) is 82.6 Å². The Balaban J connectivity index is 0.791. The molecule has 0 spiro atoms. The molecule has 5 N–H and O–H groups in total. The van der Waals surface area contributed by atoms with E-state index in [2.05, 4.69) is 45.8 Å². The number of piperazine rings is 1. The third kappa shape index (κ3) is 10.1. The molecule has 0 bridgehead atoms. The largest absolute Gasteiger partial charge is 0.507 e. The summed E-state index contributed by atoms with van der Waals surface area (Å²) in [7, 11) is 0. The number of thiazole rings is 1. The van der Waals surface area contributed by atoms with E-state index in [9.17, 15) is 24.6 Å². The number of para-hydroxylation sites is 1. The number of benzene rings is 2. The van der Waals surface area contributed by atoms with Crippen LogP contribution in [-0.2, 0) is 14.4 Å². The van der Waals surface area contributed by atoms with Gasteiger partial charge in [-0.1, -0.05) is 57.2 Å². The molecule has 6 heterocycles. The highest BCUT2D eigenvalue weighted by Crippen LogP contribution is 2.37. The van der Waals surface area contributed by atoms with Crippen molar-refractivity contribution >= 4 is 40.6 Å². The van der Waals surface area contributed by atoms with E-state index in [0.717, 1.165) is 91.9 Å². The second-order valence-electron chi connectivity index (χ2n) is 18.9. The molecule has 0 aliphatic carbocycles. The first kappa shape index (κ1) is 44.4. The smallest absolute Gasteiger partial charge is 0.246 e. The van der Waals surface area contributed by atoms with Gasteiger partial charge in [0.2, 0.25) is 17.7 Å². The number of nitrogens with zero attached hydrogens (tertiary/aromatic N) is 7. The molecule has 4 aliphatic heterocycles. The number of aryl methyl sites for hydroxylation is 1. The van der Waals surface area contributed by atoms with Crippen molar-refractivity contribution in [2.45, 2.75) is 90.6 Å². The molecule has 0 saturated carbocycles. The van der Waals surface area contributed by atoms with E-state index in [4.69, 9.17) is 0 Å². The van der Waals surface area contributed by atoms with Crippen molar-refractivity contribution in [3.63, 3.8) is 0 Å². The number of fused-ring (bicyclic) bond motifs is 3. The lowest BCUT2D eigenvalue weighted by atomic mass is 9.85. The third-order valence-electron chi connectivity index (χ3n) is 13.3. The monoisotopic (exact) mass is 878 g/mol. The summed E-state index contributed by atoms with van der Waals surface area (Å²) in [4.78, 5) is 55.7. The number of β-amino-alcohol motifs (C(OH)–C–C–N with tert-alkyl or cyclic N) is 1. The van der Waals surface area contributed by atoms with Gasteiger partial charge in [0.25, 0.3) is 0 Å². The van der Waals surface area contributed by atoms with Crippen molar-refractivity contribution in [3.8, 4) is 27.4 Å². The Morgan fingerprint density at radius 2 is 1.73 bits per heavy atom. The van der Waals surface area contributed by atoms with Crippen molar-refractivity contribution < 1.29 is 24.6 Å². The van der Waals surface area contributed by atoms with Gasteiger partial charge < -0.3 is 40.9 Å². The van der Waals surface area contributed by atoms with Crippen molar-refractivity contribution in [1.82, 2.24) is 40.5 Å². The van der Waals surface area contributed by atoms with Crippen LogP contribution in [0.1, 0.15) is 70.7 Å². The minimum absolute atomic E-state index is 0.0314. The Bertz CT molecular complexity index is 2260. The fourth-order valence-corrected chi connectivity index (χ4v) is 10.4. The number of hydrogen-bond acceptors (Lipinski definition) is 13. The summed E-state index contributed by atoms with van der Waals surface area (Å²) in [6.45, 7) is 16.8. The molecule has 336 valence electrons. The lowest BCUT2D eigenvalue weighted by molar-refractivity contribution is -0.144. The first-order valence-corrected chi connectivity index (χ1v) is 23.3.